The number of hydrogen-bond acceptors (Lipinski definition) is 6. The van der Waals surface area contributed by atoms with Crippen molar-refractivity contribution in [3.63, 3.8) is 0 Å². The van der Waals surface area contributed by atoms with Gasteiger partial charge in [-0.1, -0.05) is 36.4 Å². The number of aliphatic hydroxyl groups excluding tert-OH is 1. The molecular weight excluding hydrogens is 430 g/mol. The number of nitrogens with zero attached hydrogens (tertiary/aromatic N) is 2. The van der Waals surface area contributed by atoms with Crippen molar-refractivity contribution < 1.29 is 14.6 Å². The van der Waals surface area contributed by atoms with Crippen LogP contribution >= 0.6 is 0 Å². The monoisotopic (exact) mass is 455 g/mol. The Labute approximate surface area is 195 Å². The topological polar surface area (TPSA) is 101 Å². The fourth-order valence-electron chi connectivity index (χ4n) is 4.43. The molecule has 172 valence electrons. The van der Waals surface area contributed by atoms with Crippen molar-refractivity contribution in [2.75, 3.05) is 5.32 Å². The van der Waals surface area contributed by atoms with Crippen molar-refractivity contribution >= 4 is 27.6 Å². The molecule has 0 radical (unpaired) electrons. The molecule has 0 bridgehead atoms. The minimum atomic E-state index is -1.60. The molecule has 34 heavy (non-hydrogen) atoms. The third-order valence-corrected chi connectivity index (χ3v) is 6.01. The Balaban J connectivity index is 1.67. The number of hydrogen-bond donors (Lipinski definition) is 3. The summed E-state index contributed by atoms with van der Waals surface area (Å²) >= 11 is 0. The van der Waals surface area contributed by atoms with Gasteiger partial charge in [-0.25, -0.2) is 0 Å². The first kappa shape index (κ1) is 21.9. The molecule has 3 N–H and O–H groups in total. The van der Waals surface area contributed by atoms with E-state index in [2.05, 4.69) is 10.4 Å². The maximum atomic E-state index is 13.2. The van der Waals surface area contributed by atoms with Crippen LogP contribution < -0.4 is 10.7 Å². The summed E-state index contributed by atoms with van der Waals surface area (Å²) in [6.07, 6.45) is 0.307. The summed E-state index contributed by atoms with van der Waals surface area (Å²) in [7, 11) is 1.86. The fourth-order valence-corrected chi connectivity index (χ4v) is 4.43. The van der Waals surface area contributed by atoms with E-state index in [-0.39, 0.29) is 11.5 Å². The van der Waals surface area contributed by atoms with Crippen LogP contribution in [0.25, 0.3) is 33.2 Å². The van der Waals surface area contributed by atoms with Gasteiger partial charge in [-0.05, 0) is 37.6 Å². The lowest BCUT2D eigenvalue weighted by atomic mass is 9.99. The minimum Gasteiger partial charge on any atom is -0.455 e. The van der Waals surface area contributed by atoms with E-state index in [1.54, 1.807) is 22.9 Å². The van der Waals surface area contributed by atoms with E-state index in [0.717, 1.165) is 27.6 Å². The summed E-state index contributed by atoms with van der Waals surface area (Å²) in [4.78, 5) is 13.2. The molecule has 0 saturated heterocycles. The van der Waals surface area contributed by atoms with Gasteiger partial charge in [0.25, 0.3) is 0 Å². The zero-order chi connectivity index (χ0) is 24.0. The highest BCUT2D eigenvalue weighted by Gasteiger charge is 2.19. The molecule has 2 heterocycles. The van der Waals surface area contributed by atoms with Gasteiger partial charge in [0.05, 0.1) is 16.9 Å². The van der Waals surface area contributed by atoms with Gasteiger partial charge < -0.3 is 19.9 Å². The van der Waals surface area contributed by atoms with E-state index in [4.69, 9.17) is 4.42 Å². The molecule has 7 heteroatoms. The molecule has 5 aromatic rings. The van der Waals surface area contributed by atoms with Crippen molar-refractivity contribution in [2.45, 2.75) is 26.2 Å². The third kappa shape index (κ3) is 3.85. The van der Waals surface area contributed by atoms with E-state index < -0.39 is 6.29 Å². The van der Waals surface area contributed by atoms with Crippen molar-refractivity contribution in [1.29, 1.82) is 0 Å². The van der Waals surface area contributed by atoms with Gasteiger partial charge in [0.15, 0.2) is 11.7 Å². The predicted molar refractivity (Wildman–Crippen MR) is 133 cm³/mol. The normalized spacial score (nSPS) is 12.5. The standard InChI is InChI=1S/C27H25N3O4/c1-15-11-19(16(2)28-22-9-5-4-7-18(22)27(32)33)26-20(12-15)24(31)13-25(34-26)17-8-6-10-23-21(17)14-30(3)29-23/h4-14,16,27-28,32-33H,1-3H3. The van der Waals surface area contributed by atoms with Crippen molar-refractivity contribution in [3.8, 4) is 11.3 Å². The number of para-hydroxylation sites is 1. The average molecular weight is 456 g/mol. The van der Waals surface area contributed by atoms with E-state index >= 15 is 0 Å². The van der Waals surface area contributed by atoms with E-state index in [0.29, 0.717) is 28.0 Å². The van der Waals surface area contributed by atoms with Gasteiger partial charge in [-0.3, -0.25) is 9.48 Å². The van der Waals surface area contributed by atoms with Crippen LogP contribution in [0.1, 0.15) is 35.9 Å². The summed E-state index contributed by atoms with van der Waals surface area (Å²) in [6, 6.07) is 17.8. The molecule has 1 atom stereocenters. The summed E-state index contributed by atoms with van der Waals surface area (Å²) in [5.41, 5.74) is 4.69. The molecule has 0 aliphatic heterocycles. The molecule has 0 fully saturated rings. The van der Waals surface area contributed by atoms with Gasteiger partial charge in [0.1, 0.15) is 11.3 Å². The molecule has 2 aromatic heterocycles. The summed E-state index contributed by atoms with van der Waals surface area (Å²) in [6.45, 7) is 3.88. The van der Waals surface area contributed by atoms with Crippen LogP contribution in [0.15, 0.2) is 76.1 Å². The zero-order valence-corrected chi connectivity index (χ0v) is 19.1. The smallest absolute Gasteiger partial charge is 0.193 e. The maximum Gasteiger partial charge on any atom is 0.193 e. The van der Waals surface area contributed by atoms with Gasteiger partial charge in [0.2, 0.25) is 0 Å². The Morgan fingerprint density at radius 2 is 1.79 bits per heavy atom. The first-order chi connectivity index (χ1) is 16.3. The molecule has 5 rings (SSSR count). The number of aryl methyl sites for hydroxylation is 2. The molecule has 0 saturated carbocycles. The second-order valence-electron chi connectivity index (χ2n) is 8.57. The Hall–Kier alpha value is -3.94. The second kappa shape index (κ2) is 8.44. The predicted octanol–water partition coefficient (Wildman–Crippen LogP) is 4.81. The van der Waals surface area contributed by atoms with Crippen LogP contribution in [0.3, 0.4) is 0 Å². The van der Waals surface area contributed by atoms with Crippen LogP contribution in [0.5, 0.6) is 0 Å². The minimum absolute atomic E-state index is 0.125. The lowest BCUT2D eigenvalue weighted by Gasteiger charge is -2.20. The number of aliphatic hydroxyl groups is 2. The summed E-state index contributed by atoms with van der Waals surface area (Å²) in [5.74, 6) is 0.472. The van der Waals surface area contributed by atoms with E-state index in [1.165, 1.54) is 6.07 Å². The Bertz CT molecular complexity index is 1580. The van der Waals surface area contributed by atoms with Gasteiger partial charge >= 0.3 is 0 Å². The molecule has 3 aromatic carbocycles. The number of benzene rings is 3. The molecule has 0 amide bonds. The zero-order valence-electron chi connectivity index (χ0n) is 19.1. The first-order valence-corrected chi connectivity index (χ1v) is 11.0. The van der Waals surface area contributed by atoms with Crippen molar-refractivity contribution in [2.24, 2.45) is 7.05 Å². The van der Waals surface area contributed by atoms with Crippen LogP contribution in [0.4, 0.5) is 5.69 Å². The summed E-state index contributed by atoms with van der Waals surface area (Å²) < 4.78 is 8.13. The maximum absolute atomic E-state index is 13.2. The molecule has 0 aliphatic rings. The molecule has 0 spiro atoms. The number of rotatable bonds is 5. The highest BCUT2D eigenvalue weighted by Crippen LogP contribution is 2.34. The Morgan fingerprint density at radius 3 is 2.59 bits per heavy atom. The van der Waals surface area contributed by atoms with Gasteiger partial charge in [-0.2, -0.15) is 5.10 Å². The first-order valence-electron chi connectivity index (χ1n) is 11.0. The molecule has 7 nitrogen and oxygen atoms in total. The fraction of sp³-hybridized carbons (Fsp3) is 0.185. The highest BCUT2D eigenvalue weighted by molar-refractivity contribution is 5.94. The third-order valence-electron chi connectivity index (χ3n) is 6.01. The highest BCUT2D eigenvalue weighted by atomic mass is 16.5. The quantitative estimate of drug-likeness (QED) is 0.329. The number of anilines is 1. The van der Waals surface area contributed by atoms with E-state index in [9.17, 15) is 15.0 Å². The van der Waals surface area contributed by atoms with Crippen LogP contribution in [0.2, 0.25) is 0 Å². The van der Waals surface area contributed by atoms with Crippen molar-refractivity contribution in [1.82, 2.24) is 9.78 Å². The van der Waals surface area contributed by atoms with Gasteiger partial charge in [0, 0.05) is 47.1 Å². The number of nitrogens with one attached hydrogen (secondary N) is 1. The lowest BCUT2D eigenvalue weighted by Crippen LogP contribution is -2.12. The average Bonchev–Trinajstić information content (AvgIpc) is 3.19. The van der Waals surface area contributed by atoms with Gasteiger partial charge in [-0.15, -0.1) is 0 Å². The van der Waals surface area contributed by atoms with Crippen LogP contribution in [-0.4, -0.2) is 20.0 Å². The van der Waals surface area contributed by atoms with Crippen LogP contribution in [-0.2, 0) is 7.05 Å². The van der Waals surface area contributed by atoms with Crippen molar-refractivity contribution in [3.05, 3.63) is 93.8 Å². The SMILES string of the molecule is Cc1cc(C(C)Nc2ccccc2C(O)O)c2oc(-c3cccc4nn(C)cc34)cc(=O)c2c1. The number of fused-ring (bicyclic) bond motifs is 2. The van der Waals surface area contributed by atoms with Crippen LogP contribution in [0, 0.1) is 6.92 Å². The number of aromatic nitrogens is 2. The Kier molecular flexibility index (Phi) is 5.43. The summed E-state index contributed by atoms with van der Waals surface area (Å²) in [5, 5.41) is 28.7. The largest absolute Gasteiger partial charge is 0.455 e. The molecular formula is C27H25N3O4. The van der Waals surface area contributed by atoms with E-state index in [1.807, 2.05) is 63.5 Å². The lowest BCUT2D eigenvalue weighted by molar-refractivity contribution is -0.0419. The second-order valence-corrected chi connectivity index (χ2v) is 8.57. The molecule has 1 unspecified atom stereocenters. The molecule has 0 aliphatic carbocycles. The Morgan fingerprint density at radius 1 is 1.00 bits per heavy atom.